The van der Waals surface area contributed by atoms with Crippen LogP contribution in [0.1, 0.15) is 5.56 Å². The van der Waals surface area contributed by atoms with E-state index in [1.807, 2.05) is 11.0 Å². The van der Waals surface area contributed by atoms with Crippen molar-refractivity contribution in [2.45, 2.75) is 12.6 Å². The molecular weight excluding hydrogens is 313 g/mol. The van der Waals surface area contributed by atoms with Crippen LogP contribution in [-0.4, -0.2) is 55.2 Å². The molecule has 2 saturated heterocycles. The van der Waals surface area contributed by atoms with Gasteiger partial charge in [-0.2, -0.15) is 0 Å². The fourth-order valence-electron chi connectivity index (χ4n) is 2.90. The van der Waals surface area contributed by atoms with E-state index in [0.717, 1.165) is 38.3 Å². The molecule has 21 heavy (non-hydrogen) atoms. The van der Waals surface area contributed by atoms with Gasteiger partial charge < -0.3 is 15.0 Å². The normalized spacial score (nSPS) is 19.6. The molecule has 0 aromatic heterocycles. The molecule has 1 N–H and O–H groups in total. The summed E-state index contributed by atoms with van der Waals surface area (Å²) in [4.78, 5) is 15.8. The second-order valence-corrected chi connectivity index (χ2v) is 6.20. The van der Waals surface area contributed by atoms with Crippen LogP contribution in [0, 0.1) is 0 Å². The second kappa shape index (κ2) is 5.91. The lowest BCUT2D eigenvalue weighted by atomic mass is 10.1. The van der Waals surface area contributed by atoms with Gasteiger partial charge in [0.25, 0.3) is 0 Å². The van der Waals surface area contributed by atoms with Crippen molar-refractivity contribution in [3.8, 4) is 5.75 Å². The summed E-state index contributed by atoms with van der Waals surface area (Å²) in [6, 6.07) is 3.90. The number of methoxy groups -OCH3 is 1. The summed E-state index contributed by atoms with van der Waals surface area (Å²) in [5.74, 6) is 0.670. The summed E-state index contributed by atoms with van der Waals surface area (Å²) < 4.78 is 5.35. The Morgan fingerprint density at radius 1 is 1.38 bits per heavy atom. The monoisotopic (exact) mass is 329 g/mol. The maximum atomic E-state index is 11.6. The van der Waals surface area contributed by atoms with Crippen molar-refractivity contribution in [3.63, 3.8) is 0 Å². The predicted octanol–water partition coefficient (Wildman–Crippen LogP) is 2.21. The molecular formula is C14H17Cl2N3O2. The van der Waals surface area contributed by atoms with Gasteiger partial charge in [0.15, 0.2) is 0 Å². The van der Waals surface area contributed by atoms with Crippen LogP contribution in [0.4, 0.5) is 4.79 Å². The van der Waals surface area contributed by atoms with Crippen LogP contribution >= 0.6 is 23.2 Å². The quantitative estimate of drug-likeness (QED) is 0.921. The zero-order valence-corrected chi connectivity index (χ0v) is 13.2. The highest BCUT2D eigenvalue weighted by Gasteiger charge is 2.36. The lowest BCUT2D eigenvalue weighted by Crippen LogP contribution is -2.59. The van der Waals surface area contributed by atoms with E-state index >= 15 is 0 Å². The van der Waals surface area contributed by atoms with Gasteiger partial charge in [0.2, 0.25) is 0 Å². The Morgan fingerprint density at radius 2 is 2.14 bits per heavy atom. The number of nitrogens with one attached hydrogen (secondary N) is 1. The van der Waals surface area contributed by atoms with E-state index in [1.165, 1.54) is 0 Å². The lowest BCUT2D eigenvalue weighted by Gasteiger charge is -2.43. The number of benzene rings is 1. The largest absolute Gasteiger partial charge is 0.495 e. The number of amides is 2. The predicted molar refractivity (Wildman–Crippen MR) is 82.2 cm³/mol. The molecule has 0 saturated carbocycles. The van der Waals surface area contributed by atoms with E-state index in [9.17, 15) is 4.79 Å². The Labute approximate surface area is 133 Å². The van der Waals surface area contributed by atoms with E-state index in [1.54, 1.807) is 13.2 Å². The summed E-state index contributed by atoms with van der Waals surface area (Å²) >= 11 is 12.2. The lowest BCUT2D eigenvalue weighted by molar-refractivity contribution is 0.0583. The average Bonchev–Trinajstić information content (AvgIpc) is 2.79. The molecule has 0 aliphatic carbocycles. The van der Waals surface area contributed by atoms with Crippen molar-refractivity contribution in [2.75, 3.05) is 33.3 Å². The molecule has 0 atom stereocenters. The van der Waals surface area contributed by atoms with Gasteiger partial charge in [0.1, 0.15) is 5.75 Å². The minimum absolute atomic E-state index is 0.0445. The summed E-state index contributed by atoms with van der Waals surface area (Å²) in [7, 11) is 1.60. The van der Waals surface area contributed by atoms with Crippen LogP contribution in [0.3, 0.4) is 0 Å². The van der Waals surface area contributed by atoms with Gasteiger partial charge in [-0.15, -0.1) is 0 Å². The van der Waals surface area contributed by atoms with Crippen molar-refractivity contribution < 1.29 is 9.53 Å². The number of likely N-dealkylation sites (tertiary alicyclic amines) is 1. The number of hydrogen-bond donors (Lipinski definition) is 1. The Bertz CT molecular complexity index is 561. The highest BCUT2D eigenvalue weighted by Crippen LogP contribution is 2.34. The Balaban J connectivity index is 1.63. The Hall–Kier alpha value is -1.17. The zero-order chi connectivity index (χ0) is 15.0. The van der Waals surface area contributed by atoms with Crippen LogP contribution in [0.5, 0.6) is 5.75 Å². The minimum atomic E-state index is 0.0445. The van der Waals surface area contributed by atoms with E-state index in [0.29, 0.717) is 21.8 Å². The summed E-state index contributed by atoms with van der Waals surface area (Å²) in [5.41, 5.74) is 0.972. The summed E-state index contributed by atoms with van der Waals surface area (Å²) in [6.45, 7) is 3.98. The number of carbonyl (C=O) groups excluding carboxylic acids is 1. The van der Waals surface area contributed by atoms with Crippen LogP contribution in [-0.2, 0) is 6.54 Å². The molecule has 2 aliphatic heterocycles. The molecule has 0 unspecified atom stereocenters. The highest BCUT2D eigenvalue weighted by atomic mass is 35.5. The van der Waals surface area contributed by atoms with Gasteiger partial charge >= 0.3 is 6.03 Å². The molecule has 5 nitrogen and oxygen atoms in total. The molecule has 114 valence electrons. The number of urea groups is 1. The van der Waals surface area contributed by atoms with Gasteiger partial charge in [0, 0.05) is 43.3 Å². The summed E-state index contributed by atoms with van der Waals surface area (Å²) in [6.07, 6.45) is 0. The van der Waals surface area contributed by atoms with Gasteiger partial charge in [-0.05, 0) is 12.1 Å². The second-order valence-electron chi connectivity index (χ2n) is 5.35. The first-order valence-corrected chi connectivity index (χ1v) is 7.63. The van der Waals surface area contributed by atoms with E-state index in [-0.39, 0.29) is 6.03 Å². The van der Waals surface area contributed by atoms with Crippen molar-refractivity contribution >= 4 is 29.2 Å². The van der Waals surface area contributed by atoms with Gasteiger partial charge in [0.05, 0.1) is 18.2 Å². The SMILES string of the molecule is COc1c(Cl)cc(Cl)cc1CN1CC(N2CCNC2=O)C1. The van der Waals surface area contributed by atoms with E-state index in [4.69, 9.17) is 27.9 Å². The first-order valence-electron chi connectivity index (χ1n) is 6.87. The summed E-state index contributed by atoms with van der Waals surface area (Å²) in [5, 5.41) is 3.96. The van der Waals surface area contributed by atoms with Gasteiger partial charge in [-0.1, -0.05) is 23.2 Å². The number of rotatable bonds is 4. The maximum Gasteiger partial charge on any atom is 0.317 e. The molecule has 2 aliphatic rings. The fourth-order valence-corrected chi connectivity index (χ4v) is 3.52. The van der Waals surface area contributed by atoms with Crippen LogP contribution in [0.25, 0.3) is 0 Å². The Morgan fingerprint density at radius 3 is 2.76 bits per heavy atom. The van der Waals surface area contributed by atoms with Crippen molar-refractivity contribution in [2.24, 2.45) is 0 Å². The molecule has 1 aromatic rings. The molecule has 3 rings (SSSR count). The van der Waals surface area contributed by atoms with Crippen molar-refractivity contribution in [3.05, 3.63) is 27.7 Å². The number of nitrogens with zero attached hydrogens (tertiary/aromatic N) is 2. The molecule has 0 bridgehead atoms. The third-order valence-corrected chi connectivity index (χ3v) is 4.45. The van der Waals surface area contributed by atoms with Crippen molar-refractivity contribution in [1.29, 1.82) is 0 Å². The average molecular weight is 330 g/mol. The molecule has 7 heteroatoms. The molecule has 2 heterocycles. The minimum Gasteiger partial charge on any atom is -0.495 e. The topological polar surface area (TPSA) is 44.8 Å². The van der Waals surface area contributed by atoms with Crippen molar-refractivity contribution in [1.82, 2.24) is 15.1 Å². The van der Waals surface area contributed by atoms with E-state index in [2.05, 4.69) is 10.2 Å². The van der Waals surface area contributed by atoms with Gasteiger partial charge in [-0.25, -0.2) is 4.79 Å². The maximum absolute atomic E-state index is 11.6. The molecule has 0 spiro atoms. The van der Waals surface area contributed by atoms with Crippen LogP contribution < -0.4 is 10.1 Å². The van der Waals surface area contributed by atoms with Crippen LogP contribution in [0.2, 0.25) is 10.0 Å². The third kappa shape index (κ3) is 2.91. The number of halogens is 2. The Kier molecular flexibility index (Phi) is 4.15. The molecule has 0 radical (unpaired) electrons. The van der Waals surface area contributed by atoms with Gasteiger partial charge in [-0.3, -0.25) is 4.90 Å². The fraction of sp³-hybridized carbons (Fsp3) is 0.500. The van der Waals surface area contributed by atoms with Crippen LogP contribution in [0.15, 0.2) is 12.1 Å². The zero-order valence-electron chi connectivity index (χ0n) is 11.7. The molecule has 2 fully saturated rings. The van der Waals surface area contributed by atoms with E-state index < -0.39 is 0 Å². The standard InChI is InChI=1S/C14H17Cl2N3O2/c1-21-13-9(4-10(15)5-12(13)16)6-18-7-11(8-18)19-3-2-17-14(19)20/h4-5,11H,2-3,6-8H2,1H3,(H,17,20). The number of carbonyl (C=O) groups is 1. The number of ether oxygens (including phenoxy) is 1. The first kappa shape index (κ1) is 14.8. The molecule has 1 aromatic carbocycles. The third-order valence-electron chi connectivity index (χ3n) is 3.95. The highest BCUT2D eigenvalue weighted by molar-refractivity contribution is 6.35. The smallest absolute Gasteiger partial charge is 0.317 e. The molecule has 2 amide bonds. The number of hydrogen-bond acceptors (Lipinski definition) is 3. The first-order chi connectivity index (χ1) is 10.1.